The summed E-state index contributed by atoms with van der Waals surface area (Å²) in [5.41, 5.74) is -0.838. The van der Waals surface area contributed by atoms with Gasteiger partial charge in [-0.2, -0.15) is 0 Å². The van der Waals surface area contributed by atoms with Gasteiger partial charge in [-0.1, -0.05) is 6.92 Å². The van der Waals surface area contributed by atoms with Gasteiger partial charge in [0.05, 0.1) is 0 Å². The third kappa shape index (κ3) is 5.57. The van der Waals surface area contributed by atoms with Crippen LogP contribution >= 0.6 is 12.4 Å². The molecular weight excluding hydrogens is 344 g/mol. The van der Waals surface area contributed by atoms with Crippen molar-refractivity contribution in [1.29, 1.82) is 0 Å². The number of hydrogen-bond acceptors (Lipinski definition) is 4. The summed E-state index contributed by atoms with van der Waals surface area (Å²) in [5.74, 6) is 0.564. The molecule has 0 bridgehead atoms. The van der Waals surface area contributed by atoms with Gasteiger partial charge in [0.15, 0.2) is 0 Å². The summed E-state index contributed by atoms with van der Waals surface area (Å²) in [6.45, 7) is 9.42. The summed E-state index contributed by atoms with van der Waals surface area (Å²) in [4.78, 5) is 39.3. The molecule has 0 saturated carbocycles. The van der Waals surface area contributed by atoms with E-state index in [0.29, 0.717) is 25.3 Å². The van der Waals surface area contributed by atoms with Crippen molar-refractivity contribution in [3.63, 3.8) is 0 Å². The number of imide groups is 1. The number of rotatable bonds is 7. The number of nitrogens with zero attached hydrogens (tertiary/aromatic N) is 2. The molecule has 0 unspecified atom stereocenters. The fourth-order valence-corrected chi connectivity index (χ4v) is 3.30. The Hall–Kier alpha value is -1.34. The fourth-order valence-electron chi connectivity index (χ4n) is 3.30. The number of likely N-dealkylation sites (tertiary alicyclic amines) is 1. The first-order chi connectivity index (χ1) is 11.3. The van der Waals surface area contributed by atoms with Crippen molar-refractivity contribution < 1.29 is 14.4 Å². The van der Waals surface area contributed by atoms with E-state index in [-0.39, 0.29) is 30.3 Å². The van der Waals surface area contributed by atoms with Crippen molar-refractivity contribution in [3.05, 3.63) is 0 Å². The minimum absolute atomic E-state index is 0. The summed E-state index contributed by atoms with van der Waals surface area (Å²) >= 11 is 0. The topological polar surface area (TPSA) is 81.8 Å². The van der Waals surface area contributed by atoms with Crippen molar-refractivity contribution >= 4 is 30.3 Å². The van der Waals surface area contributed by atoms with E-state index in [4.69, 9.17) is 0 Å². The molecule has 0 spiro atoms. The van der Waals surface area contributed by atoms with Crippen molar-refractivity contribution in [2.75, 3.05) is 32.7 Å². The first kappa shape index (κ1) is 21.7. The van der Waals surface area contributed by atoms with E-state index in [1.54, 1.807) is 13.8 Å². The van der Waals surface area contributed by atoms with Gasteiger partial charge in [-0.05, 0) is 52.1 Å². The first-order valence-corrected chi connectivity index (χ1v) is 8.97. The molecule has 2 fully saturated rings. The van der Waals surface area contributed by atoms with Crippen LogP contribution in [0.15, 0.2) is 0 Å². The molecule has 7 nitrogen and oxygen atoms in total. The Labute approximate surface area is 156 Å². The third-order valence-electron chi connectivity index (χ3n) is 4.87. The number of hydrogen-bond donors (Lipinski definition) is 2. The second-order valence-corrected chi connectivity index (χ2v) is 7.25. The van der Waals surface area contributed by atoms with E-state index >= 15 is 0 Å². The van der Waals surface area contributed by atoms with Gasteiger partial charge in [-0.15, -0.1) is 12.4 Å². The third-order valence-corrected chi connectivity index (χ3v) is 4.87. The zero-order chi connectivity index (χ0) is 17.7. The van der Waals surface area contributed by atoms with E-state index in [0.717, 1.165) is 39.0 Å². The Balaban J connectivity index is 0.00000312. The lowest BCUT2D eigenvalue weighted by molar-refractivity contribution is -0.134. The molecule has 0 aliphatic carbocycles. The van der Waals surface area contributed by atoms with Crippen LogP contribution in [0.2, 0.25) is 0 Å². The highest BCUT2D eigenvalue weighted by molar-refractivity contribution is 6.06. The maximum absolute atomic E-state index is 12.3. The summed E-state index contributed by atoms with van der Waals surface area (Å²) < 4.78 is 0. The lowest BCUT2D eigenvalue weighted by atomic mass is 9.96. The molecule has 0 aromatic heterocycles. The van der Waals surface area contributed by atoms with Crippen LogP contribution in [0.3, 0.4) is 0 Å². The van der Waals surface area contributed by atoms with Crippen LogP contribution in [0.5, 0.6) is 0 Å². The highest BCUT2D eigenvalue weighted by Gasteiger charge is 2.43. The average molecular weight is 375 g/mol. The average Bonchev–Trinajstić information content (AvgIpc) is 2.74. The predicted octanol–water partition coefficient (Wildman–Crippen LogP) is 1.37. The van der Waals surface area contributed by atoms with Crippen LogP contribution in [0.1, 0.15) is 46.5 Å². The summed E-state index contributed by atoms with van der Waals surface area (Å²) in [7, 11) is 0. The summed E-state index contributed by atoms with van der Waals surface area (Å²) in [5, 5.41) is 6.02. The number of urea groups is 1. The van der Waals surface area contributed by atoms with Gasteiger partial charge in [0.2, 0.25) is 5.91 Å². The van der Waals surface area contributed by atoms with Gasteiger partial charge < -0.3 is 15.5 Å². The lowest BCUT2D eigenvalue weighted by Gasteiger charge is -2.32. The molecule has 2 heterocycles. The largest absolute Gasteiger partial charge is 0.343 e. The van der Waals surface area contributed by atoms with E-state index in [9.17, 15) is 14.4 Å². The van der Waals surface area contributed by atoms with Crippen molar-refractivity contribution in [2.45, 2.75) is 52.0 Å². The minimum atomic E-state index is -0.838. The monoisotopic (exact) mass is 374 g/mol. The molecule has 0 radical (unpaired) electrons. The molecule has 2 aliphatic heterocycles. The maximum atomic E-state index is 12.3. The maximum Gasteiger partial charge on any atom is 0.325 e. The zero-order valence-electron chi connectivity index (χ0n) is 15.5. The molecule has 2 saturated heterocycles. The molecule has 2 N–H and O–H groups in total. The minimum Gasteiger partial charge on any atom is -0.343 e. The Kier molecular flexibility index (Phi) is 8.15. The normalized spacial score (nSPS) is 20.4. The van der Waals surface area contributed by atoms with Gasteiger partial charge in [0.25, 0.3) is 5.91 Å². The van der Waals surface area contributed by atoms with Gasteiger partial charge in [-0.25, -0.2) is 4.79 Å². The molecule has 144 valence electrons. The summed E-state index contributed by atoms with van der Waals surface area (Å²) in [6.07, 6.45) is 2.99. The number of carbonyl (C=O) groups is 3. The number of nitrogens with one attached hydrogen (secondary N) is 2. The Morgan fingerprint density at radius 3 is 2.44 bits per heavy atom. The molecule has 4 amide bonds. The molecular formula is C17H31ClN4O3. The second-order valence-electron chi connectivity index (χ2n) is 7.25. The molecule has 25 heavy (non-hydrogen) atoms. The van der Waals surface area contributed by atoms with E-state index in [2.05, 4.69) is 17.6 Å². The lowest BCUT2D eigenvalue weighted by Crippen LogP contribution is -2.41. The highest BCUT2D eigenvalue weighted by atomic mass is 35.5. The van der Waals surface area contributed by atoms with Crippen LogP contribution in [-0.2, 0) is 9.59 Å². The van der Waals surface area contributed by atoms with Crippen LogP contribution in [0.4, 0.5) is 4.79 Å². The van der Waals surface area contributed by atoms with Gasteiger partial charge >= 0.3 is 6.03 Å². The van der Waals surface area contributed by atoms with Gasteiger partial charge in [0.1, 0.15) is 5.54 Å². The van der Waals surface area contributed by atoms with E-state index in [1.807, 2.05) is 4.90 Å². The smallest absolute Gasteiger partial charge is 0.325 e. The van der Waals surface area contributed by atoms with E-state index in [1.165, 1.54) is 4.90 Å². The number of carbonyl (C=O) groups excluding carboxylic acids is 3. The molecule has 2 aliphatic rings. The van der Waals surface area contributed by atoms with Crippen molar-refractivity contribution in [1.82, 2.24) is 20.4 Å². The number of halogens is 1. The van der Waals surface area contributed by atoms with Gasteiger partial charge in [-0.3, -0.25) is 14.5 Å². The molecule has 0 aromatic rings. The predicted molar refractivity (Wildman–Crippen MR) is 98.7 cm³/mol. The first-order valence-electron chi connectivity index (χ1n) is 8.97. The van der Waals surface area contributed by atoms with Crippen LogP contribution in [0.25, 0.3) is 0 Å². The molecule has 0 atom stereocenters. The number of amides is 4. The zero-order valence-corrected chi connectivity index (χ0v) is 16.3. The quantitative estimate of drug-likeness (QED) is 0.659. The van der Waals surface area contributed by atoms with Gasteiger partial charge in [0, 0.05) is 26.1 Å². The number of piperidine rings is 1. The molecule has 0 aromatic carbocycles. The fraction of sp³-hybridized carbons (Fsp3) is 0.824. The molecule has 2 rings (SSSR count). The Morgan fingerprint density at radius 2 is 1.92 bits per heavy atom. The standard InChI is InChI=1S/C17H30N4O3.ClH/c1-4-18-12-13-7-10-20(11-8-13)14(22)6-5-9-21-15(23)17(2,3)19-16(21)24;/h13,18H,4-12H2,1-3H3,(H,19,24);1H. The SMILES string of the molecule is CCNCC1CCN(C(=O)CCCN2C(=O)NC(C)(C)C2=O)CC1.Cl. The van der Waals surface area contributed by atoms with Crippen molar-refractivity contribution in [2.24, 2.45) is 5.92 Å². The second kappa shape index (κ2) is 9.38. The van der Waals surface area contributed by atoms with Crippen LogP contribution < -0.4 is 10.6 Å². The Morgan fingerprint density at radius 1 is 1.28 bits per heavy atom. The van der Waals surface area contributed by atoms with E-state index < -0.39 is 5.54 Å². The van der Waals surface area contributed by atoms with Crippen molar-refractivity contribution in [3.8, 4) is 0 Å². The van der Waals surface area contributed by atoms with Crippen LogP contribution in [0, 0.1) is 5.92 Å². The highest BCUT2D eigenvalue weighted by Crippen LogP contribution is 2.19. The summed E-state index contributed by atoms with van der Waals surface area (Å²) in [6, 6.07) is -0.360. The Bertz CT molecular complexity index is 490. The van der Waals surface area contributed by atoms with Crippen LogP contribution in [-0.4, -0.2) is 65.9 Å². The molecule has 8 heteroatoms.